The highest BCUT2D eigenvalue weighted by Crippen LogP contribution is 2.30. The molecule has 1 heterocycles. The summed E-state index contributed by atoms with van der Waals surface area (Å²) in [6.45, 7) is 3.50. The number of fused-ring (bicyclic) bond motifs is 1. The molecule has 11 nitrogen and oxygen atoms in total. The average Bonchev–Trinajstić information content (AvgIpc) is 3.11. The molecule has 1 aliphatic carbocycles. The van der Waals surface area contributed by atoms with Gasteiger partial charge in [0.25, 0.3) is 0 Å². The van der Waals surface area contributed by atoms with Crippen LogP contribution in [0.25, 0.3) is 0 Å². The summed E-state index contributed by atoms with van der Waals surface area (Å²) < 4.78 is 32.5. The standard InChI is InChI=1S/C28H36ClN7O4S/c1-28(2,30)26(37)33-20-9-7-8-18-15-21(13-12-19(18)14-20)40-17-32-27-31-16-22(29)25(35-27)34-23-10-5-6-11-24(23)41(38,39)36(3)4/h5-6,10-13,15-16,20H,7-9,14,17,30H2,1-4H3,(H,33,37)(H2,31,32,34,35). The van der Waals surface area contributed by atoms with Gasteiger partial charge in [-0.05, 0) is 74.9 Å². The molecule has 0 aliphatic heterocycles. The van der Waals surface area contributed by atoms with E-state index in [4.69, 9.17) is 22.1 Å². The first-order valence-corrected chi connectivity index (χ1v) is 15.1. The lowest BCUT2D eigenvalue weighted by Gasteiger charge is -2.23. The van der Waals surface area contributed by atoms with Gasteiger partial charge in [-0.25, -0.2) is 17.7 Å². The predicted molar refractivity (Wildman–Crippen MR) is 160 cm³/mol. The van der Waals surface area contributed by atoms with Gasteiger partial charge in [-0.2, -0.15) is 4.98 Å². The van der Waals surface area contributed by atoms with Gasteiger partial charge in [-0.1, -0.05) is 29.8 Å². The molecule has 1 aliphatic rings. The SMILES string of the molecule is CN(C)S(=O)(=O)c1ccccc1Nc1nc(NCOc2ccc3c(c2)CCCC(NC(=O)C(C)(C)N)C3)ncc1Cl. The van der Waals surface area contributed by atoms with E-state index in [1.54, 1.807) is 32.0 Å². The fraction of sp³-hybridized carbons (Fsp3) is 0.393. The number of nitrogens with one attached hydrogen (secondary N) is 3. The van der Waals surface area contributed by atoms with E-state index >= 15 is 0 Å². The van der Waals surface area contributed by atoms with Crippen molar-refractivity contribution < 1.29 is 17.9 Å². The van der Waals surface area contributed by atoms with E-state index in [-0.39, 0.29) is 40.4 Å². The van der Waals surface area contributed by atoms with Gasteiger partial charge in [0.1, 0.15) is 15.7 Å². The van der Waals surface area contributed by atoms with Crippen molar-refractivity contribution in [2.45, 2.75) is 56.0 Å². The van der Waals surface area contributed by atoms with Crippen LogP contribution in [0.1, 0.15) is 37.8 Å². The number of rotatable bonds is 10. The van der Waals surface area contributed by atoms with E-state index in [1.165, 1.54) is 37.5 Å². The number of halogens is 1. The molecule has 1 atom stereocenters. The molecule has 41 heavy (non-hydrogen) atoms. The third-order valence-corrected chi connectivity index (χ3v) is 8.82. The summed E-state index contributed by atoms with van der Waals surface area (Å²) in [5.41, 5.74) is 7.73. The molecule has 0 saturated carbocycles. The first-order valence-electron chi connectivity index (χ1n) is 13.2. The summed E-state index contributed by atoms with van der Waals surface area (Å²) in [7, 11) is -0.757. The van der Waals surface area contributed by atoms with Crippen LogP contribution in [0.2, 0.25) is 5.02 Å². The average molecular weight is 602 g/mol. The van der Waals surface area contributed by atoms with Crippen LogP contribution < -0.4 is 26.4 Å². The number of para-hydroxylation sites is 1. The lowest BCUT2D eigenvalue weighted by molar-refractivity contribution is -0.126. The first-order chi connectivity index (χ1) is 19.3. The molecule has 0 saturated heterocycles. The number of hydrogen-bond donors (Lipinski definition) is 4. The Morgan fingerprint density at radius 1 is 1.20 bits per heavy atom. The quantitative estimate of drug-likeness (QED) is 0.201. The number of carbonyl (C=O) groups is 1. The van der Waals surface area contributed by atoms with Gasteiger partial charge in [0.2, 0.25) is 21.9 Å². The van der Waals surface area contributed by atoms with Crippen LogP contribution >= 0.6 is 11.6 Å². The minimum atomic E-state index is -3.69. The van der Waals surface area contributed by atoms with Gasteiger partial charge in [0.15, 0.2) is 12.5 Å². The van der Waals surface area contributed by atoms with Gasteiger partial charge in [-0.15, -0.1) is 0 Å². The molecule has 0 spiro atoms. The molecule has 5 N–H and O–H groups in total. The van der Waals surface area contributed by atoms with Crippen LogP contribution in [0, 0.1) is 0 Å². The Hall–Kier alpha value is -3.45. The third kappa shape index (κ3) is 7.64. The zero-order valence-corrected chi connectivity index (χ0v) is 25.1. The number of ether oxygens (including phenoxy) is 1. The second-order valence-corrected chi connectivity index (χ2v) is 13.2. The van der Waals surface area contributed by atoms with Crippen molar-refractivity contribution in [3.8, 4) is 5.75 Å². The summed E-state index contributed by atoms with van der Waals surface area (Å²) >= 11 is 6.31. The summed E-state index contributed by atoms with van der Waals surface area (Å²) in [6.07, 6.45) is 4.87. The largest absolute Gasteiger partial charge is 0.473 e. The van der Waals surface area contributed by atoms with E-state index in [9.17, 15) is 13.2 Å². The zero-order valence-electron chi connectivity index (χ0n) is 23.6. The second kappa shape index (κ2) is 12.6. The molecule has 3 aromatic rings. The third-order valence-electron chi connectivity index (χ3n) is 6.68. The number of hydrogen-bond acceptors (Lipinski definition) is 9. The van der Waals surface area contributed by atoms with Crippen LogP contribution in [-0.4, -0.2) is 61.0 Å². The fourth-order valence-electron chi connectivity index (χ4n) is 4.37. The van der Waals surface area contributed by atoms with Crippen LogP contribution in [0.3, 0.4) is 0 Å². The van der Waals surface area contributed by atoms with E-state index < -0.39 is 15.6 Å². The van der Waals surface area contributed by atoms with Crippen LogP contribution in [0.15, 0.2) is 53.6 Å². The molecule has 1 unspecified atom stereocenters. The zero-order chi connectivity index (χ0) is 29.8. The molecular weight excluding hydrogens is 566 g/mol. The summed E-state index contributed by atoms with van der Waals surface area (Å²) in [6, 6.07) is 12.5. The molecule has 1 aromatic heterocycles. The van der Waals surface area contributed by atoms with Gasteiger partial charge >= 0.3 is 0 Å². The topological polar surface area (TPSA) is 152 Å². The van der Waals surface area contributed by atoms with E-state index in [0.29, 0.717) is 11.4 Å². The molecule has 220 valence electrons. The van der Waals surface area contributed by atoms with Crippen molar-refractivity contribution in [3.63, 3.8) is 0 Å². The Bertz CT molecular complexity index is 1510. The molecule has 0 radical (unpaired) electrons. The Labute approximate surface area is 245 Å². The highest BCUT2D eigenvalue weighted by atomic mass is 35.5. The van der Waals surface area contributed by atoms with E-state index in [0.717, 1.165) is 30.0 Å². The number of benzene rings is 2. The van der Waals surface area contributed by atoms with E-state index in [1.807, 2.05) is 18.2 Å². The van der Waals surface area contributed by atoms with Gasteiger partial charge in [0, 0.05) is 20.1 Å². The number of nitrogens with two attached hydrogens (primary N) is 1. The van der Waals surface area contributed by atoms with Crippen LogP contribution in [0.4, 0.5) is 17.5 Å². The number of carbonyl (C=O) groups excluding carboxylic acids is 1. The monoisotopic (exact) mass is 601 g/mol. The molecular formula is C28H36ClN7O4S. The molecule has 4 rings (SSSR count). The smallest absolute Gasteiger partial charge is 0.244 e. The Balaban J connectivity index is 1.39. The number of anilines is 3. The van der Waals surface area contributed by atoms with Crippen LogP contribution in [0.5, 0.6) is 5.75 Å². The Morgan fingerprint density at radius 3 is 2.68 bits per heavy atom. The molecule has 0 bridgehead atoms. The first kappa shape index (κ1) is 30.5. The van der Waals surface area contributed by atoms with Crippen molar-refractivity contribution in [3.05, 3.63) is 64.8 Å². The normalized spacial score (nSPS) is 15.5. The number of sulfonamides is 1. The Kier molecular flexibility index (Phi) is 9.37. The minimum absolute atomic E-state index is 0.0415. The van der Waals surface area contributed by atoms with Crippen molar-refractivity contribution in [1.29, 1.82) is 0 Å². The Morgan fingerprint density at radius 2 is 1.95 bits per heavy atom. The fourth-order valence-corrected chi connectivity index (χ4v) is 5.55. The van der Waals surface area contributed by atoms with Crippen molar-refractivity contribution in [1.82, 2.24) is 19.6 Å². The summed E-state index contributed by atoms with van der Waals surface area (Å²) in [5.74, 6) is 1.04. The number of amides is 1. The maximum atomic E-state index is 12.7. The van der Waals surface area contributed by atoms with Crippen molar-refractivity contribution in [2.24, 2.45) is 5.73 Å². The highest BCUT2D eigenvalue weighted by Gasteiger charge is 2.26. The van der Waals surface area contributed by atoms with E-state index in [2.05, 4.69) is 25.9 Å². The summed E-state index contributed by atoms with van der Waals surface area (Å²) in [5, 5.41) is 9.33. The lowest BCUT2D eigenvalue weighted by atomic mass is 10.00. The lowest BCUT2D eigenvalue weighted by Crippen LogP contribution is -2.52. The number of aryl methyl sites for hydroxylation is 1. The second-order valence-electron chi connectivity index (χ2n) is 10.7. The maximum absolute atomic E-state index is 12.7. The highest BCUT2D eigenvalue weighted by molar-refractivity contribution is 7.89. The van der Waals surface area contributed by atoms with Crippen LogP contribution in [-0.2, 0) is 27.7 Å². The molecule has 0 fully saturated rings. The van der Waals surface area contributed by atoms with Gasteiger partial charge in [-0.3, -0.25) is 4.79 Å². The van der Waals surface area contributed by atoms with Crippen molar-refractivity contribution in [2.75, 3.05) is 31.5 Å². The van der Waals surface area contributed by atoms with Gasteiger partial charge < -0.3 is 26.4 Å². The van der Waals surface area contributed by atoms with Crippen molar-refractivity contribution >= 4 is 45.0 Å². The molecule has 13 heteroatoms. The predicted octanol–water partition coefficient (Wildman–Crippen LogP) is 3.67. The molecule has 2 aromatic carbocycles. The molecule has 1 amide bonds. The maximum Gasteiger partial charge on any atom is 0.244 e. The number of aromatic nitrogens is 2. The summed E-state index contributed by atoms with van der Waals surface area (Å²) in [4.78, 5) is 21.0. The number of nitrogens with zero attached hydrogens (tertiary/aromatic N) is 3. The van der Waals surface area contributed by atoms with Gasteiger partial charge in [0.05, 0.1) is 17.4 Å². The minimum Gasteiger partial charge on any atom is -0.473 e.